The first-order valence-electron chi connectivity index (χ1n) is 6.61. The van der Waals surface area contributed by atoms with E-state index in [-0.39, 0.29) is 17.9 Å². The molecule has 0 radical (unpaired) electrons. The topological polar surface area (TPSA) is 61.8 Å². The van der Waals surface area contributed by atoms with Gasteiger partial charge in [-0.25, -0.2) is 0 Å². The second-order valence-corrected chi connectivity index (χ2v) is 5.05. The maximum Gasteiger partial charge on any atom is 0.239 e. The van der Waals surface area contributed by atoms with Crippen molar-refractivity contribution < 1.29 is 14.6 Å². The van der Waals surface area contributed by atoms with Crippen LogP contribution < -0.4 is 15.0 Å². The first kappa shape index (κ1) is 14.9. The van der Waals surface area contributed by atoms with E-state index in [1.165, 1.54) is 0 Å². The Hall–Kier alpha value is -1.46. The van der Waals surface area contributed by atoms with E-state index < -0.39 is 0 Å². The van der Waals surface area contributed by atoms with Crippen molar-refractivity contribution in [1.29, 1.82) is 0 Å². The summed E-state index contributed by atoms with van der Waals surface area (Å²) in [6, 6.07) is 5.48. The van der Waals surface area contributed by atoms with Crippen LogP contribution in [0.1, 0.15) is 12.8 Å². The lowest BCUT2D eigenvalue weighted by atomic mass is 10.1. The van der Waals surface area contributed by atoms with Gasteiger partial charge in [-0.1, -0.05) is 0 Å². The van der Waals surface area contributed by atoms with Crippen molar-refractivity contribution in [3.63, 3.8) is 0 Å². The van der Waals surface area contributed by atoms with Crippen molar-refractivity contribution in [3.8, 4) is 5.75 Å². The number of amides is 1. The Balaban J connectivity index is 2.20. The molecule has 1 heterocycles. The van der Waals surface area contributed by atoms with Crippen LogP contribution in [0.4, 0.5) is 11.4 Å². The van der Waals surface area contributed by atoms with E-state index in [9.17, 15) is 9.90 Å². The number of aliphatic hydroxyl groups excluding tert-OH is 1. The first-order chi connectivity index (χ1) is 9.63. The highest BCUT2D eigenvalue weighted by atomic mass is 35.5. The van der Waals surface area contributed by atoms with Gasteiger partial charge < -0.3 is 20.1 Å². The minimum absolute atomic E-state index is 0.0722. The third-order valence-corrected chi connectivity index (χ3v) is 3.63. The number of carbonyl (C=O) groups excluding carboxylic acids is 1. The lowest BCUT2D eigenvalue weighted by Crippen LogP contribution is -2.36. The highest BCUT2D eigenvalue weighted by Gasteiger charge is 2.20. The number of benzene rings is 1. The van der Waals surface area contributed by atoms with Crippen LogP contribution in [-0.4, -0.2) is 43.2 Å². The van der Waals surface area contributed by atoms with Crippen molar-refractivity contribution in [3.05, 3.63) is 18.2 Å². The molecule has 1 aliphatic heterocycles. The van der Waals surface area contributed by atoms with Gasteiger partial charge in [0.2, 0.25) is 5.91 Å². The number of rotatable bonds is 4. The highest BCUT2D eigenvalue weighted by Crippen LogP contribution is 2.33. The maximum atomic E-state index is 11.3. The SMILES string of the molecule is COc1ccc(NC(=O)CCl)cc1N1CCC(O)CC1. The minimum Gasteiger partial charge on any atom is -0.495 e. The predicted octanol–water partition coefficient (Wildman–Crippen LogP) is 1.83. The van der Waals surface area contributed by atoms with E-state index in [1.54, 1.807) is 13.2 Å². The summed E-state index contributed by atoms with van der Waals surface area (Å²) in [4.78, 5) is 13.5. The Morgan fingerprint density at radius 3 is 2.80 bits per heavy atom. The van der Waals surface area contributed by atoms with Gasteiger partial charge in [0.25, 0.3) is 0 Å². The molecular formula is C14H19ClN2O3. The summed E-state index contributed by atoms with van der Waals surface area (Å²) >= 11 is 5.49. The van der Waals surface area contributed by atoms with Gasteiger partial charge in [-0.2, -0.15) is 0 Å². The lowest BCUT2D eigenvalue weighted by Gasteiger charge is -2.32. The predicted molar refractivity (Wildman–Crippen MR) is 79.8 cm³/mol. The minimum atomic E-state index is -0.239. The fraction of sp³-hybridized carbons (Fsp3) is 0.500. The van der Waals surface area contributed by atoms with Gasteiger partial charge in [0.05, 0.1) is 18.9 Å². The number of hydrogen-bond acceptors (Lipinski definition) is 4. The van der Waals surface area contributed by atoms with Crippen molar-refractivity contribution in [2.75, 3.05) is 36.3 Å². The first-order valence-corrected chi connectivity index (χ1v) is 7.14. The largest absolute Gasteiger partial charge is 0.495 e. The molecule has 0 bridgehead atoms. The van der Waals surface area contributed by atoms with Crippen molar-refractivity contribution in [1.82, 2.24) is 0 Å². The van der Waals surface area contributed by atoms with E-state index >= 15 is 0 Å². The van der Waals surface area contributed by atoms with Crippen LogP contribution in [0.3, 0.4) is 0 Å². The maximum absolute atomic E-state index is 11.3. The number of hydrogen-bond donors (Lipinski definition) is 2. The summed E-state index contributed by atoms with van der Waals surface area (Å²) in [5.74, 6) is 0.444. The molecule has 0 saturated carbocycles. The molecule has 0 aliphatic carbocycles. The summed E-state index contributed by atoms with van der Waals surface area (Å²) in [6.45, 7) is 1.54. The Morgan fingerprint density at radius 2 is 2.20 bits per heavy atom. The quantitative estimate of drug-likeness (QED) is 0.833. The molecule has 1 aliphatic rings. The molecule has 1 aromatic rings. The van der Waals surface area contributed by atoms with E-state index in [2.05, 4.69) is 10.2 Å². The molecule has 2 rings (SSSR count). The third-order valence-electron chi connectivity index (χ3n) is 3.39. The average Bonchev–Trinajstić information content (AvgIpc) is 2.48. The number of carbonyl (C=O) groups is 1. The van der Waals surface area contributed by atoms with Crippen molar-refractivity contribution in [2.24, 2.45) is 0 Å². The molecule has 20 heavy (non-hydrogen) atoms. The summed E-state index contributed by atoms with van der Waals surface area (Å²) < 4.78 is 5.37. The highest BCUT2D eigenvalue weighted by molar-refractivity contribution is 6.29. The molecule has 0 spiro atoms. The van der Waals surface area contributed by atoms with Crippen LogP contribution in [-0.2, 0) is 4.79 Å². The number of piperidine rings is 1. The van der Waals surface area contributed by atoms with Crippen LogP contribution in [0.25, 0.3) is 0 Å². The zero-order valence-electron chi connectivity index (χ0n) is 11.4. The summed E-state index contributed by atoms with van der Waals surface area (Å²) in [6.07, 6.45) is 1.25. The fourth-order valence-electron chi connectivity index (χ4n) is 2.32. The molecular weight excluding hydrogens is 280 g/mol. The number of anilines is 2. The Labute approximate surface area is 123 Å². The number of nitrogens with zero attached hydrogens (tertiary/aromatic N) is 1. The molecule has 1 fully saturated rings. The zero-order chi connectivity index (χ0) is 14.5. The number of alkyl halides is 1. The van der Waals surface area contributed by atoms with E-state index in [0.717, 1.165) is 37.4 Å². The van der Waals surface area contributed by atoms with Gasteiger partial charge in [-0.3, -0.25) is 4.79 Å². The van der Waals surface area contributed by atoms with E-state index in [4.69, 9.17) is 16.3 Å². The molecule has 5 nitrogen and oxygen atoms in total. The molecule has 0 aromatic heterocycles. The molecule has 6 heteroatoms. The summed E-state index contributed by atoms with van der Waals surface area (Å²) in [5.41, 5.74) is 1.62. The van der Waals surface area contributed by atoms with Gasteiger partial charge >= 0.3 is 0 Å². The normalized spacial score (nSPS) is 16.1. The van der Waals surface area contributed by atoms with Crippen LogP contribution in [0.15, 0.2) is 18.2 Å². The molecule has 0 atom stereocenters. The molecule has 1 aromatic carbocycles. The Morgan fingerprint density at radius 1 is 1.50 bits per heavy atom. The van der Waals surface area contributed by atoms with Gasteiger partial charge in [-0.05, 0) is 31.0 Å². The average molecular weight is 299 g/mol. The molecule has 1 amide bonds. The molecule has 0 unspecified atom stereocenters. The van der Waals surface area contributed by atoms with Crippen molar-refractivity contribution in [2.45, 2.75) is 18.9 Å². The number of aliphatic hydroxyl groups is 1. The summed E-state index contributed by atoms with van der Waals surface area (Å²) in [5, 5.41) is 12.3. The van der Waals surface area contributed by atoms with Gasteiger partial charge in [0, 0.05) is 18.8 Å². The number of ether oxygens (including phenoxy) is 1. The molecule has 110 valence electrons. The zero-order valence-corrected chi connectivity index (χ0v) is 12.2. The monoisotopic (exact) mass is 298 g/mol. The van der Waals surface area contributed by atoms with Crippen LogP contribution in [0.5, 0.6) is 5.75 Å². The third kappa shape index (κ3) is 3.55. The second kappa shape index (κ2) is 6.81. The van der Waals surface area contributed by atoms with Crippen LogP contribution in [0, 0.1) is 0 Å². The smallest absolute Gasteiger partial charge is 0.239 e. The molecule has 2 N–H and O–H groups in total. The number of nitrogens with one attached hydrogen (secondary N) is 1. The molecule has 1 saturated heterocycles. The van der Waals surface area contributed by atoms with Gasteiger partial charge in [0.15, 0.2) is 0 Å². The summed E-state index contributed by atoms with van der Waals surface area (Å²) in [7, 11) is 1.62. The van der Waals surface area contributed by atoms with E-state index in [0.29, 0.717) is 5.69 Å². The van der Waals surface area contributed by atoms with Crippen LogP contribution >= 0.6 is 11.6 Å². The number of halogens is 1. The standard InChI is InChI=1S/C14H19ClN2O3/c1-20-13-3-2-10(16-14(19)9-15)8-12(13)17-6-4-11(18)5-7-17/h2-3,8,11,18H,4-7,9H2,1H3,(H,16,19). The van der Waals surface area contributed by atoms with Gasteiger partial charge in [0.1, 0.15) is 11.6 Å². The lowest BCUT2D eigenvalue weighted by molar-refractivity contribution is -0.113. The fourth-order valence-corrected chi connectivity index (χ4v) is 2.38. The van der Waals surface area contributed by atoms with Gasteiger partial charge in [-0.15, -0.1) is 11.6 Å². The van der Waals surface area contributed by atoms with E-state index in [1.807, 2.05) is 12.1 Å². The van der Waals surface area contributed by atoms with Crippen molar-refractivity contribution >= 4 is 28.9 Å². The number of methoxy groups -OCH3 is 1. The Bertz CT molecular complexity index is 473. The Kier molecular flexibility index (Phi) is 5.09. The van der Waals surface area contributed by atoms with Crippen LogP contribution in [0.2, 0.25) is 0 Å². The second-order valence-electron chi connectivity index (χ2n) is 4.79.